The summed E-state index contributed by atoms with van der Waals surface area (Å²) < 4.78 is 1.95. The number of nitrogens with zero attached hydrogens (tertiary/aromatic N) is 3. The predicted octanol–water partition coefficient (Wildman–Crippen LogP) is 3.08. The molecule has 0 radical (unpaired) electrons. The Labute approximate surface area is 137 Å². The van der Waals surface area contributed by atoms with Gasteiger partial charge in [-0.15, -0.1) is 16.4 Å². The normalized spacial score (nSPS) is 12.3. The molecule has 0 fully saturated rings. The van der Waals surface area contributed by atoms with Gasteiger partial charge < -0.3 is 0 Å². The van der Waals surface area contributed by atoms with Crippen LogP contribution < -0.4 is 10.1 Å². The van der Waals surface area contributed by atoms with Crippen molar-refractivity contribution in [3.8, 4) is 10.7 Å². The largest absolute Gasteiger partial charge is 0.291 e. The minimum Gasteiger partial charge on any atom is -0.266 e. The second-order valence-corrected chi connectivity index (χ2v) is 6.97. The molecule has 0 unspecified atom stereocenters. The van der Waals surface area contributed by atoms with Gasteiger partial charge in [-0.05, 0) is 35.2 Å². The summed E-state index contributed by atoms with van der Waals surface area (Å²) in [5.74, 6) is 0.590. The van der Waals surface area contributed by atoms with Crippen LogP contribution in [0.3, 0.4) is 0 Å². The molecule has 0 atom stereocenters. The first-order valence-electron chi connectivity index (χ1n) is 6.41. The lowest BCUT2D eigenvalue weighted by molar-refractivity contribution is 0.938. The van der Waals surface area contributed by atoms with Crippen LogP contribution in [0.1, 0.15) is 5.56 Å². The number of rotatable bonds is 2. The molecule has 0 bridgehead atoms. The van der Waals surface area contributed by atoms with Crippen molar-refractivity contribution in [1.82, 2.24) is 14.6 Å². The Balaban J connectivity index is 1.86. The quantitative estimate of drug-likeness (QED) is 0.561. The van der Waals surface area contributed by atoms with Crippen molar-refractivity contribution in [1.29, 1.82) is 0 Å². The third-order valence-corrected chi connectivity index (χ3v) is 5.13. The van der Waals surface area contributed by atoms with Gasteiger partial charge >= 0.3 is 0 Å². The van der Waals surface area contributed by atoms with Crippen molar-refractivity contribution >= 4 is 45.3 Å². The van der Waals surface area contributed by atoms with Crippen LogP contribution in [0, 0.1) is 0 Å². The molecule has 0 N–H and O–H groups in total. The number of aromatic nitrogens is 3. The summed E-state index contributed by atoms with van der Waals surface area (Å²) in [6.07, 6.45) is 1.81. The molecule has 0 amide bonds. The van der Waals surface area contributed by atoms with Crippen LogP contribution in [0.15, 0.2) is 46.6 Å². The molecule has 0 aliphatic rings. The maximum Gasteiger partial charge on any atom is 0.291 e. The van der Waals surface area contributed by atoms with Crippen LogP contribution in [0.2, 0.25) is 5.02 Å². The van der Waals surface area contributed by atoms with Gasteiger partial charge in [-0.2, -0.15) is 9.50 Å². The third kappa shape index (κ3) is 2.35. The average Bonchev–Trinajstić information content (AvgIpc) is 3.18. The molecule has 4 rings (SSSR count). The highest BCUT2D eigenvalue weighted by atomic mass is 35.5. The van der Waals surface area contributed by atoms with Crippen LogP contribution >= 0.6 is 34.3 Å². The number of hydrogen-bond acceptors (Lipinski definition) is 5. The minimum atomic E-state index is -0.157. The molecule has 0 aliphatic carbocycles. The molecule has 7 heteroatoms. The Morgan fingerprint density at radius 1 is 1.23 bits per heavy atom. The van der Waals surface area contributed by atoms with Crippen molar-refractivity contribution in [3.05, 3.63) is 67.3 Å². The molecule has 3 aromatic heterocycles. The van der Waals surface area contributed by atoms with E-state index in [9.17, 15) is 4.79 Å². The topological polar surface area (TPSA) is 47.3 Å². The van der Waals surface area contributed by atoms with E-state index < -0.39 is 0 Å². The highest BCUT2D eigenvalue weighted by molar-refractivity contribution is 7.15. The van der Waals surface area contributed by atoms with Crippen LogP contribution in [0.4, 0.5) is 0 Å². The van der Waals surface area contributed by atoms with E-state index in [-0.39, 0.29) is 5.56 Å². The van der Waals surface area contributed by atoms with Gasteiger partial charge in [0.2, 0.25) is 4.96 Å². The highest BCUT2D eigenvalue weighted by Crippen LogP contribution is 2.21. The standard InChI is InChI=1S/C15H8ClN3OS2/c16-10-4-1-3-9(7-10)8-12-14(20)19-15(22-12)17-13(18-19)11-5-2-6-21-11/h1-8H/b12-8-. The zero-order valence-corrected chi connectivity index (χ0v) is 13.5. The summed E-state index contributed by atoms with van der Waals surface area (Å²) in [4.78, 5) is 18.4. The van der Waals surface area contributed by atoms with E-state index in [0.29, 0.717) is 20.3 Å². The van der Waals surface area contributed by atoms with Gasteiger partial charge in [-0.3, -0.25) is 4.79 Å². The zero-order valence-electron chi connectivity index (χ0n) is 11.1. The maximum atomic E-state index is 12.4. The Morgan fingerprint density at radius 3 is 2.86 bits per heavy atom. The molecular weight excluding hydrogens is 338 g/mol. The molecular formula is C15H8ClN3OS2. The van der Waals surface area contributed by atoms with Crippen molar-refractivity contribution in [2.75, 3.05) is 0 Å². The van der Waals surface area contributed by atoms with Crippen molar-refractivity contribution in [3.63, 3.8) is 0 Å². The Morgan fingerprint density at radius 2 is 2.14 bits per heavy atom. The molecule has 0 saturated carbocycles. The lowest BCUT2D eigenvalue weighted by Gasteiger charge is -1.91. The molecule has 0 aliphatic heterocycles. The molecule has 4 nitrogen and oxygen atoms in total. The number of hydrogen-bond donors (Lipinski definition) is 0. The molecule has 3 heterocycles. The van der Waals surface area contributed by atoms with Gasteiger partial charge in [0.05, 0.1) is 9.41 Å². The molecule has 4 aromatic rings. The fourth-order valence-electron chi connectivity index (χ4n) is 2.09. The maximum absolute atomic E-state index is 12.4. The van der Waals surface area contributed by atoms with Crippen LogP contribution in [-0.4, -0.2) is 14.6 Å². The van der Waals surface area contributed by atoms with Gasteiger partial charge in [0, 0.05) is 5.02 Å². The minimum absolute atomic E-state index is 0.157. The second kappa shape index (κ2) is 5.31. The van der Waals surface area contributed by atoms with E-state index in [1.165, 1.54) is 15.9 Å². The summed E-state index contributed by atoms with van der Waals surface area (Å²) in [5.41, 5.74) is 0.725. The Bertz CT molecular complexity index is 1070. The number of fused-ring (bicyclic) bond motifs is 1. The zero-order chi connectivity index (χ0) is 15.1. The summed E-state index contributed by atoms with van der Waals surface area (Å²) in [6, 6.07) is 11.2. The van der Waals surface area contributed by atoms with E-state index in [2.05, 4.69) is 10.1 Å². The van der Waals surface area contributed by atoms with E-state index in [0.717, 1.165) is 10.4 Å². The smallest absolute Gasteiger partial charge is 0.266 e. The Hall–Kier alpha value is -2.02. The second-order valence-electron chi connectivity index (χ2n) is 4.58. The molecule has 0 spiro atoms. The predicted molar refractivity (Wildman–Crippen MR) is 90.7 cm³/mol. The van der Waals surface area contributed by atoms with E-state index >= 15 is 0 Å². The first kappa shape index (κ1) is 13.6. The van der Waals surface area contributed by atoms with Gasteiger partial charge in [0.15, 0.2) is 5.82 Å². The van der Waals surface area contributed by atoms with Crippen LogP contribution in [0.25, 0.3) is 21.7 Å². The van der Waals surface area contributed by atoms with Gasteiger partial charge in [-0.25, -0.2) is 0 Å². The Kier molecular flexibility index (Phi) is 3.29. The van der Waals surface area contributed by atoms with Gasteiger partial charge in [-0.1, -0.05) is 41.1 Å². The van der Waals surface area contributed by atoms with Gasteiger partial charge in [0.25, 0.3) is 5.56 Å². The van der Waals surface area contributed by atoms with Crippen LogP contribution in [0.5, 0.6) is 0 Å². The highest BCUT2D eigenvalue weighted by Gasteiger charge is 2.12. The van der Waals surface area contributed by atoms with E-state index in [1.807, 2.05) is 35.7 Å². The molecule has 108 valence electrons. The number of benzene rings is 1. The number of thiazole rings is 1. The third-order valence-electron chi connectivity index (χ3n) is 3.07. The van der Waals surface area contributed by atoms with E-state index in [1.54, 1.807) is 23.5 Å². The first-order valence-corrected chi connectivity index (χ1v) is 8.49. The molecule has 1 aromatic carbocycles. The number of halogens is 1. The summed E-state index contributed by atoms with van der Waals surface area (Å²) >= 11 is 8.84. The summed E-state index contributed by atoms with van der Waals surface area (Å²) in [7, 11) is 0. The summed E-state index contributed by atoms with van der Waals surface area (Å²) in [5, 5.41) is 6.90. The fraction of sp³-hybridized carbons (Fsp3) is 0. The van der Waals surface area contributed by atoms with Gasteiger partial charge in [0.1, 0.15) is 0 Å². The van der Waals surface area contributed by atoms with Crippen molar-refractivity contribution < 1.29 is 0 Å². The van der Waals surface area contributed by atoms with Crippen LogP contribution in [-0.2, 0) is 0 Å². The average molecular weight is 346 g/mol. The number of thiophene rings is 1. The first-order chi connectivity index (χ1) is 10.7. The lowest BCUT2D eigenvalue weighted by Crippen LogP contribution is -2.23. The molecule has 0 saturated heterocycles. The monoisotopic (exact) mass is 345 g/mol. The fourth-order valence-corrected chi connectivity index (χ4v) is 3.85. The SMILES string of the molecule is O=c1/c(=C/c2cccc(Cl)c2)sc2nc(-c3cccs3)nn12. The summed E-state index contributed by atoms with van der Waals surface area (Å²) in [6.45, 7) is 0. The lowest BCUT2D eigenvalue weighted by atomic mass is 10.2. The molecule has 22 heavy (non-hydrogen) atoms. The van der Waals surface area contributed by atoms with E-state index in [4.69, 9.17) is 11.6 Å². The van der Waals surface area contributed by atoms with Crippen molar-refractivity contribution in [2.45, 2.75) is 0 Å². The van der Waals surface area contributed by atoms with Crippen molar-refractivity contribution in [2.24, 2.45) is 0 Å².